The normalized spacial score (nSPS) is 14.1. The number of hydrogen-bond acceptors (Lipinski definition) is 9. The van der Waals surface area contributed by atoms with Gasteiger partial charge in [0, 0.05) is 24.4 Å². The van der Waals surface area contributed by atoms with E-state index < -0.39 is 5.91 Å². The molecule has 0 aliphatic carbocycles. The number of anilines is 1. The van der Waals surface area contributed by atoms with E-state index in [9.17, 15) is 9.59 Å². The molecule has 0 aromatic carbocycles. The number of nitrogens with zero attached hydrogens (tertiary/aromatic N) is 6. The molecule has 3 aromatic rings. The molecule has 3 aromatic heterocycles. The zero-order valence-electron chi connectivity index (χ0n) is 17.3. The summed E-state index contributed by atoms with van der Waals surface area (Å²) in [6, 6.07) is 3.61. The summed E-state index contributed by atoms with van der Waals surface area (Å²) in [5.74, 6) is -0.247. The minimum atomic E-state index is -0.473. The molecule has 4 rings (SSSR count). The van der Waals surface area contributed by atoms with Crippen LogP contribution in [0.1, 0.15) is 66.0 Å². The van der Waals surface area contributed by atoms with Crippen LogP contribution in [0.15, 0.2) is 5.38 Å². The van der Waals surface area contributed by atoms with Crippen LogP contribution in [0.5, 0.6) is 0 Å². The zero-order chi connectivity index (χ0) is 22.8. The van der Waals surface area contributed by atoms with Crippen LogP contribution >= 0.6 is 22.7 Å². The second kappa shape index (κ2) is 8.86. The summed E-state index contributed by atoms with van der Waals surface area (Å²) in [5.41, 5.74) is 0.932. The molecule has 0 radical (unpaired) electrons. The van der Waals surface area contributed by atoms with E-state index in [1.807, 2.05) is 24.8 Å². The molecule has 4 heterocycles. The molecule has 162 valence electrons. The minimum absolute atomic E-state index is 0.00763. The van der Waals surface area contributed by atoms with Crippen molar-refractivity contribution in [3.05, 3.63) is 43.0 Å². The molecule has 0 bridgehead atoms. The molecule has 12 heteroatoms. The highest BCUT2D eigenvalue weighted by molar-refractivity contribution is 7.13. The number of H-pyrrole nitrogens is 1. The standard InChI is InChI=1S/C20H18N8O2S2/c1-10-16(32-11(2)23-10)19(30)28-5-3-12(4-6-28)18-24-15(9-31-18)17(29)27-20-25-13(7-21)14(8-22)26-20/h9,12H,3-6H2,1-2H3,(H2,25,26,27,29). The van der Waals surface area contributed by atoms with Crippen molar-refractivity contribution in [3.8, 4) is 12.1 Å². The van der Waals surface area contributed by atoms with Crippen LogP contribution in [0.25, 0.3) is 0 Å². The van der Waals surface area contributed by atoms with Gasteiger partial charge in [-0.1, -0.05) is 0 Å². The fourth-order valence-electron chi connectivity index (χ4n) is 3.55. The lowest BCUT2D eigenvalue weighted by Gasteiger charge is -2.30. The smallest absolute Gasteiger partial charge is 0.277 e. The maximum Gasteiger partial charge on any atom is 0.277 e. The molecule has 2 N–H and O–H groups in total. The number of carbonyl (C=O) groups is 2. The predicted molar refractivity (Wildman–Crippen MR) is 118 cm³/mol. The molecular weight excluding hydrogens is 448 g/mol. The molecule has 1 saturated heterocycles. The second-order valence-electron chi connectivity index (χ2n) is 7.27. The quantitative estimate of drug-likeness (QED) is 0.599. The van der Waals surface area contributed by atoms with E-state index in [1.165, 1.54) is 22.7 Å². The number of nitriles is 2. The molecule has 1 aliphatic heterocycles. The molecule has 0 atom stereocenters. The van der Waals surface area contributed by atoms with Gasteiger partial charge in [-0.2, -0.15) is 10.5 Å². The maximum atomic E-state index is 12.8. The lowest BCUT2D eigenvalue weighted by molar-refractivity contribution is 0.0717. The van der Waals surface area contributed by atoms with Crippen molar-refractivity contribution in [2.75, 3.05) is 18.4 Å². The topological polar surface area (TPSA) is 151 Å². The van der Waals surface area contributed by atoms with Gasteiger partial charge < -0.3 is 9.88 Å². The van der Waals surface area contributed by atoms with E-state index in [-0.39, 0.29) is 34.9 Å². The molecule has 1 fully saturated rings. The van der Waals surface area contributed by atoms with Crippen LogP contribution in [0.3, 0.4) is 0 Å². The number of rotatable bonds is 4. The summed E-state index contributed by atoms with van der Waals surface area (Å²) in [4.78, 5) is 43.1. The molecule has 0 saturated carbocycles. The van der Waals surface area contributed by atoms with Gasteiger partial charge in [-0.25, -0.2) is 15.0 Å². The van der Waals surface area contributed by atoms with Gasteiger partial charge in [-0.05, 0) is 26.7 Å². The third-order valence-corrected chi connectivity index (χ3v) is 7.21. The van der Waals surface area contributed by atoms with Crippen molar-refractivity contribution in [2.24, 2.45) is 0 Å². The number of aromatic amines is 1. The first-order valence-electron chi connectivity index (χ1n) is 9.80. The van der Waals surface area contributed by atoms with E-state index in [1.54, 1.807) is 11.4 Å². The van der Waals surface area contributed by atoms with Crippen molar-refractivity contribution in [2.45, 2.75) is 32.6 Å². The number of thiazole rings is 2. The minimum Gasteiger partial charge on any atom is -0.338 e. The average Bonchev–Trinajstić information content (AvgIpc) is 3.51. The largest absolute Gasteiger partial charge is 0.338 e. The Morgan fingerprint density at radius 2 is 1.94 bits per heavy atom. The summed E-state index contributed by atoms with van der Waals surface area (Å²) >= 11 is 2.83. The van der Waals surface area contributed by atoms with E-state index in [2.05, 4.69) is 25.3 Å². The molecule has 0 unspecified atom stereocenters. The Bertz CT molecular complexity index is 1240. The highest BCUT2D eigenvalue weighted by Crippen LogP contribution is 2.31. The first-order valence-corrected chi connectivity index (χ1v) is 11.5. The Morgan fingerprint density at radius 3 is 2.53 bits per heavy atom. The number of piperidine rings is 1. The lowest BCUT2D eigenvalue weighted by Crippen LogP contribution is -2.37. The lowest BCUT2D eigenvalue weighted by atomic mass is 9.97. The first kappa shape index (κ1) is 21.6. The number of hydrogen-bond donors (Lipinski definition) is 2. The average molecular weight is 467 g/mol. The summed E-state index contributed by atoms with van der Waals surface area (Å²) in [6.07, 6.45) is 1.54. The third-order valence-electron chi connectivity index (χ3n) is 5.14. The summed E-state index contributed by atoms with van der Waals surface area (Å²) in [5, 5.41) is 23.9. The van der Waals surface area contributed by atoms with Gasteiger partial charge in [0.15, 0.2) is 11.4 Å². The van der Waals surface area contributed by atoms with Gasteiger partial charge in [-0.3, -0.25) is 14.9 Å². The van der Waals surface area contributed by atoms with Gasteiger partial charge >= 0.3 is 0 Å². The number of imidazole rings is 1. The molecule has 10 nitrogen and oxygen atoms in total. The second-order valence-corrected chi connectivity index (χ2v) is 9.36. The number of likely N-dealkylation sites (tertiary alicyclic amines) is 1. The zero-order valence-corrected chi connectivity index (χ0v) is 18.9. The highest BCUT2D eigenvalue weighted by atomic mass is 32.1. The summed E-state index contributed by atoms with van der Waals surface area (Å²) in [6.45, 7) is 5.01. The van der Waals surface area contributed by atoms with Crippen LogP contribution in [0.2, 0.25) is 0 Å². The molecule has 32 heavy (non-hydrogen) atoms. The van der Waals surface area contributed by atoms with Crippen molar-refractivity contribution < 1.29 is 9.59 Å². The van der Waals surface area contributed by atoms with Crippen LogP contribution in [0.4, 0.5) is 5.95 Å². The Hall–Kier alpha value is -3.61. The van der Waals surface area contributed by atoms with E-state index >= 15 is 0 Å². The summed E-state index contributed by atoms with van der Waals surface area (Å²) in [7, 11) is 0. The fraction of sp³-hybridized carbons (Fsp3) is 0.350. The van der Waals surface area contributed by atoms with Gasteiger partial charge in [0.05, 0.1) is 15.7 Å². The highest BCUT2D eigenvalue weighted by Gasteiger charge is 2.28. The van der Waals surface area contributed by atoms with Crippen LogP contribution in [0, 0.1) is 36.5 Å². The number of aryl methyl sites for hydroxylation is 2. The maximum absolute atomic E-state index is 12.8. The molecule has 0 spiro atoms. The number of amides is 2. The third kappa shape index (κ3) is 4.23. The van der Waals surface area contributed by atoms with Crippen LogP contribution in [-0.4, -0.2) is 49.7 Å². The predicted octanol–water partition coefficient (Wildman–Crippen LogP) is 2.96. The van der Waals surface area contributed by atoms with Crippen molar-refractivity contribution in [1.82, 2.24) is 24.8 Å². The Morgan fingerprint density at radius 1 is 1.19 bits per heavy atom. The Balaban J connectivity index is 1.37. The molecule has 2 amide bonds. The number of aromatic nitrogens is 4. The monoisotopic (exact) mass is 466 g/mol. The van der Waals surface area contributed by atoms with Gasteiger partial charge in [0.1, 0.15) is 22.7 Å². The Kier molecular flexibility index (Phi) is 5.99. The van der Waals surface area contributed by atoms with E-state index in [4.69, 9.17) is 10.5 Å². The molecular formula is C20H18N8O2S2. The SMILES string of the molecule is Cc1nc(C)c(C(=O)N2CCC(c3nc(C(=O)Nc4nc(C#N)c(C#N)[nH]4)cs3)CC2)s1. The number of nitrogens with one attached hydrogen (secondary N) is 2. The van der Waals surface area contributed by atoms with Gasteiger partial charge in [0.2, 0.25) is 5.95 Å². The van der Waals surface area contributed by atoms with Crippen molar-refractivity contribution >= 4 is 40.4 Å². The number of carbonyl (C=O) groups excluding carboxylic acids is 2. The van der Waals surface area contributed by atoms with E-state index in [0.29, 0.717) is 18.0 Å². The van der Waals surface area contributed by atoms with E-state index in [0.717, 1.165) is 28.6 Å². The Labute approximate surface area is 191 Å². The van der Waals surface area contributed by atoms with Crippen LogP contribution in [-0.2, 0) is 0 Å². The fourth-order valence-corrected chi connectivity index (χ4v) is 5.41. The summed E-state index contributed by atoms with van der Waals surface area (Å²) < 4.78 is 0. The van der Waals surface area contributed by atoms with Crippen molar-refractivity contribution in [3.63, 3.8) is 0 Å². The van der Waals surface area contributed by atoms with Gasteiger partial charge in [0.25, 0.3) is 11.8 Å². The van der Waals surface area contributed by atoms with Crippen LogP contribution < -0.4 is 5.32 Å². The van der Waals surface area contributed by atoms with Crippen molar-refractivity contribution in [1.29, 1.82) is 10.5 Å². The van der Waals surface area contributed by atoms with Gasteiger partial charge in [-0.15, -0.1) is 22.7 Å². The molecule has 1 aliphatic rings. The first-order chi connectivity index (χ1) is 15.4.